The molecule has 16 heavy (non-hydrogen) atoms. The summed E-state index contributed by atoms with van der Waals surface area (Å²) in [5, 5.41) is 0. The predicted molar refractivity (Wildman–Crippen MR) is 58.4 cm³/mol. The van der Waals surface area contributed by atoms with Crippen LogP contribution in [0.25, 0.3) is 0 Å². The van der Waals surface area contributed by atoms with Crippen molar-refractivity contribution in [1.29, 1.82) is 0 Å². The molecule has 1 nitrogen and oxygen atoms in total. The van der Waals surface area contributed by atoms with Gasteiger partial charge in [-0.3, -0.25) is 0 Å². The van der Waals surface area contributed by atoms with Crippen molar-refractivity contribution in [3.8, 4) is 0 Å². The molecule has 0 amide bonds. The molecule has 1 fully saturated rings. The number of halogens is 2. The lowest BCUT2D eigenvalue weighted by Crippen LogP contribution is -2.19. The highest BCUT2D eigenvalue weighted by molar-refractivity contribution is 5.22. The Morgan fingerprint density at radius 1 is 1.00 bits per heavy atom. The zero-order valence-electron chi connectivity index (χ0n) is 9.38. The van der Waals surface area contributed by atoms with Crippen LogP contribution >= 0.6 is 0 Å². The Morgan fingerprint density at radius 2 is 1.56 bits per heavy atom. The van der Waals surface area contributed by atoms with Gasteiger partial charge in [0.1, 0.15) is 11.6 Å². The predicted octanol–water partition coefficient (Wildman–Crippen LogP) is 3.64. The standard InChI is InChI=1S/C13H16F2O/c1-16-13-4-2-9(3-5-13)10-6-11(14)8-12(15)7-10/h6-9,13H,2-5H2,1H3. The van der Waals surface area contributed by atoms with Gasteiger partial charge in [-0.05, 0) is 49.3 Å². The lowest BCUT2D eigenvalue weighted by atomic mass is 9.82. The van der Waals surface area contributed by atoms with Crippen molar-refractivity contribution in [3.05, 3.63) is 35.4 Å². The van der Waals surface area contributed by atoms with Crippen LogP contribution in [0.3, 0.4) is 0 Å². The summed E-state index contributed by atoms with van der Waals surface area (Å²) in [6.07, 6.45) is 4.15. The fourth-order valence-corrected chi connectivity index (χ4v) is 2.44. The van der Waals surface area contributed by atoms with Crippen molar-refractivity contribution < 1.29 is 13.5 Å². The van der Waals surface area contributed by atoms with Crippen LogP contribution in [0.4, 0.5) is 8.78 Å². The summed E-state index contributed by atoms with van der Waals surface area (Å²) in [5.74, 6) is -0.690. The summed E-state index contributed by atoms with van der Waals surface area (Å²) in [6.45, 7) is 0. The molecule has 0 aliphatic heterocycles. The van der Waals surface area contributed by atoms with E-state index in [2.05, 4.69) is 0 Å². The molecule has 0 saturated heterocycles. The molecule has 88 valence electrons. The van der Waals surface area contributed by atoms with E-state index in [-0.39, 0.29) is 5.92 Å². The number of rotatable bonds is 2. The van der Waals surface area contributed by atoms with Crippen LogP contribution in [0.2, 0.25) is 0 Å². The summed E-state index contributed by atoms with van der Waals surface area (Å²) in [7, 11) is 1.72. The normalized spacial score (nSPS) is 25.7. The van der Waals surface area contributed by atoms with Crippen LogP contribution in [-0.2, 0) is 4.74 Å². The zero-order chi connectivity index (χ0) is 11.5. The molecule has 1 saturated carbocycles. The molecule has 3 heteroatoms. The average Bonchev–Trinajstić information content (AvgIpc) is 2.28. The maximum absolute atomic E-state index is 13.1. The fourth-order valence-electron chi connectivity index (χ4n) is 2.44. The lowest BCUT2D eigenvalue weighted by molar-refractivity contribution is 0.0658. The molecule has 0 atom stereocenters. The monoisotopic (exact) mass is 226 g/mol. The number of ether oxygens (including phenoxy) is 1. The Morgan fingerprint density at radius 3 is 2.06 bits per heavy atom. The second-order valence-electron chi connectivity index (χ2n) is 4.41. The molecule has 0 spiro atoms. The van der Waals surface area contributed by atoms with Crippen molar-refractivity contribution >= 4 is 0 Å². The van der Waals surface area contributed by atoms with Crippen molar-refractivity contribution in [2.75, 3.05) is 7.11 Å². The molecule has 0 unspecified atom stereocenters. The number of hydrogen-bond acceptors (Lipinski definition) is 1. The third-order valence-corrected chi connectivity index (χ3v) is 3.36. The Hall–Kier alpha value is -0.960. The third-order valence-electron chi connectivity index (χ3n) is 3.36. The van der Waals surface area contributed by atoms with Gasteiger partial charge >= 0.3 is 0 Å². The van der Waals surface area contributed by atoms with Crippen molar-refractivity contribution in [1.82, 2.24) is 0 Å². The van der Waals surface area contributed by atoms with Crippen molar-refractivity contribution in [3.63, 3.8) is 0 Å². The Bertz CT molecular complexity index is 337. The summed E-state index contributed by atoms with van der Waals surface area (Å²) in [6, 6.07) is 3.81. The van der Waals surface area contributed by atoms with Crippen LogP contribution in [-0.4, -0.2) is 13.2 Å². The van der Waals surface area contributed by atoms with Gasteiger partial charge in [0.25, 0.3) is 0 Å². The van der Waals surface area contributed by atoms with Crippen LogP contribution in [0, 0.1) is 11.6 Å². The lowest BCUT2D eigenvalue weighted by Gasteiger charge is -2.27. The molecule has 0 heterocycles. The second-order valence-corrected chi connectivity index (χ2v) is 4.41. The van der Waals surface area contributed by atoms with E-state index in [0.717, 1.165) is 37.3 Å². The second kappa shape index (κ2) is 4.91. The topological polar surface area (TPSA) is 9.23 Å². The van der Waals surface area contributed by atoms with E-state index >= 15 is 0 Å². The average molecular weight is 226 g/mol. The van der Waals surface area contributed by atoms with E-state index in [1.165, 1.54) is 12.1 Å². The minimum atomic E-state index is -0.483. The van der Waals surface area contributed by atoms with Crippen LogP contribution in [0.1, 0.15) is 37.2 Å². The van der Waals surface area contributed by atoms with Gasteiger partial charge in [-0.1, -0.05) is 0 Å². The Balaban J connectivity index is 2.08. The Labute approximate surface area is 94.4 Å². The van der Waals surface area contributed by atoms with E-state index in [9.17, 15) is 8.78 Å². The van der Waals surface area contributed by atoms with Crippen LogP contribution in [0.15, 0.2) is 18.2 Å². The maximum Gasteiger partial charge on any atom is 0.126 e. The van der Waals surface area contributed by atoms with E-state index < -0.39 is 11.6 Å². The summed E-state index contributed by atoms with van der Waals surface area (Å²) < 4.78 is 31.4. The molecule has 1 aliphatic carbocycles. The van der Waals surface area contributed by atoms with Crippen LogP contribution in [0.5, 0.6) is 0 Å². The first-order chi connectivity index (χ1) is 7.69. The first-order valence-electron chi connectivity index (χ1n) is 5.68. The first-order valence-corrected chi connectivity index (χ1v) is 5.68. The summed E-state index contributed by atoms with van der Waals surface area (Å²) in [5.41, 5.74) is 0.784. The number of hydrogen-bond donors (Lipinski definition) is 0. The van der Waals surface area contributed by atoms with E-state index in [4.69, 9.17) is 4.74 Å². The van der Waals surface area contributed by atoms with Gasteiger partial charge in [0, 0.05) is 13.2 Å². The highest BCUT2D eigenvalue weighted by atomic mass is 19.1. The zero-order valence-corrected chi connectivity index (χ0v) is 9.38. The molecule has 0 radical (unpaired) electrons. The van der Waals surface area contributed by atoms with Crippen molar-refractivity contribution in [2.45, 2.75) is 37.7 Å². The van der Waals surface area contributed by atoms with E-state index in [1.54, 1.807) is 7.11 Å². The molecule has 2 rings (SSSR count). The molecular formula is C13H16F2O. The van der Waals surface area contributed by atoms with Gasteiger partial charge < -0.3 is 4.74 Å². The van der Waals surface area contributed by atoms with Gasteiger partial charge in [0.05, 0.1) is 6.10 Å². The number of benzene rings is 1. The van der Waals surface area contributed by atoms with Gasteiger partial charge in [0.15, 0.2) is 0 Å². The molecular weight excluding hydrogens is 210 g/mol. The highest BCUT2D eigenvalue weighted by Crippen LogP contribution is 2.34. The molecule has 1 aromatic rings. The number of methoxy groups -OCH3 is 1. The van der Waals surface area contributed by atoms with Crippen molar-refractivity contribution in [2.24, 2.45) is 0 Å². The smallest absolute Gasteiger partial charge is 0.126 e. The van der Waals surface area contributed by atoms with Gasteiger partial charge in [0.2, 0.25) is 0 Å². The highest BCUT2D eigenvalue weighted by Gasteiger charge is 2.22. The summed E-state index contributed by atoms with van der Waals surface area (Å²) >= 11 is 0. The molecule has 1 aliphatic rings. The molecule has 0 aromatic heterocycles. The van der Waals surface area contributed by atoms with Gasteiger partial charge in [-0.2, -0.15) is 0 Å². The molecule has 1 aromatic carbocycles. The molecule has 0 bridgehead atoms. The maximum atomic E-state index is 13.1. The van der Waals surface area contributed by atoms with E-state index in [0.29, 0.717) is 6.10 Å². The summed E-state index contributed by atoms with van der Waals surface area (Å²) in [4.78, 5) is 0. The minimum absolute atomic E-state index is 0.275. The van der Waals surface area contributed by atoms with Crippen LogP contribution < -0.4 is 0 Å². The molecule has 0 N–H and O–H groups in total. The minimum Gasteiger partial charge on any atom is -0.381 e. The van der Waals surface area contributed by atoms with Gasteiger partial charge in [-0.15, -0.1) is 0 Å². The van der Waals surface area contributed by atoms with E-state index in [1.807, 2.05) is 0 Å². The SMILES string of the molecule is COC1CCC(c2cc(F)cc(F)c2)CC1. The third kappa shape index (κ3) is 2.59. The first kappa shape index (κ1) is 11.5. The quantitative estimate of drug-likeness (QED) is 0.748. The fraction of sp³-hybridized carbons (Fsp3) is 0.538. The van der Waals surface area contributed by atoms with Gasteiger partial charge in [-0.25, -0.2) is 8.78 Å². The Kier molecular flexibility index (Phi) is 3.54. The largest absolute Gasteiger partial charge is 0.381 e.